The van der Waals surface area contributed by atoms with Crippen LogP contribution in [-0.4, -0.2) is 6.04 Å². The van der Waals surface area contributed by atoms with Crippen LogP contribution in [0.1, 0.15) is 17.5 Å². The van der Waals surface area contributed by atoms with Crippen LogP contribution in [0.5, 0.6) is 0 Å². The normalized spacial score (nSPS) is 12.4. The Morgan fingerprint density at radius 2 is 1.81 bits per heavy atom. The molecule has 5 heteroatoms. The Labute approximate surface area is 131 Å². The average Bonchev–Trinajstić information content (AvgIpc) is 2.51. The molecule has 1 atom stereocenters. The highest BCUT2D eigenvalue weighted by Crippen LogP contribution is 2.23. The molecule has 112 valence electrons. The summed E-state index contributed by atoms with van der Waals surface area (Å²) in [6.45, 7) is 0. The number of hydrazine groups is 1. The van der Waals surface area contributed by atoms with Crippen LogP contribution in [0.4, 0.5) is 8.78 Å². The Morgan fingerprint density at radius 3 is 2.48 bits per heavy atom. The second-order valence-corrected chi connectivity index (χ2v) is 5.77. The minimum atomic E-state index is -0.560. The van der Waals surface area contributed by atoms with Crippen molar-refractivity contribution in [1.82, 2.24) is 5.43 Å². The van der Waals surface area contributed by atoms with Gasteiger partial charge in [0, 0.05) is 11.6 Å². The van der Waals surface area contributed by atoms with E-state index in [0.717, 1.165) is 6.42 Å². The predicted octanol–water partition coefficient (Wildman–Crippen LogP) is 3.73. The Kier molecular flexibility index (Phi) is 5.85. The van der Waals surface area contributed by atoms with Crippen molar-refractivity contribution in [2.24, 2.45) is 5.84 Å². The van der Waals surface area contributed by atoms with Crippen LogP contribution in [0, 0.1) is 11.6 Å². The second-order valence-electron chi connectivity index (χ2n) is 4.91. The zero-order valence-corrected chi connectivity index (χ0v) is 13.0. The van der Waals surface area contributed by atoms with Gasteiger partial charge in [-0.15, -0.1) is 0 Å². The van der Waals surface area contributed by atoms with Gasteiger partial charge in [-0.25, -0.2) is 8.78 Å². The van der Waals surface area contributed by atoms with Gasteiger partial charge in [-0.1, -0.05) is 30.3 Å². The van der Waals surface area contributed by atoms with E-state index < -0.39 is 11.6 Å². The van der Waals surface area contributed by atoms with Crippen molar-refractivity contribution in [1.29, 1.82) is 0 Å². The lowest BCUT2D eigenvalue weighted by Gasteiger charge is -2.17. The van der Waals surface area contributed by atoms with Crippen LogP contribution in [0.15, 0.2) is 46.9 Å². The molecule has 0 aliphatic rings. The maximum atomic E-state index is 14.0. The van der Waals surface area contributed by atoms with Gasteiger partial charge in [-0.3, -0.25) is 11.3 Å². The van der Waals surface area contributed by atoms with Crippen LogP contribution in [0.3, 0.4) is 0 Å². The Hall–Kier alpha value is -1.30. The minimum Gasteiger partial charge on any atom is -0.271 e. The molecule has 2 aromatic rings. The summed E-state index contributed by atoms with van der Waals surface area (Å²) in [5.41, 5.74) is 3.88. The SMILES string of the molecule is NNC(CCc1ccccc1)Cc1c(F)ccc(Br)c1F. The third-order valence-electron chi connectivity index (χ3n) is 3.45. The van der Waals surface area contributed by atoms with E-state index in [4.69, 9.17) is 5.84 Å². The van der Waals surface area contributed by atoms with Crippen molar-refractivity contribution in [2.45, 2.75) is 25.3 Å². The van der Waals surface area contributed by atoms with Gasteiger partial charge in [0.05, 0.1) is 4.47 Å². The average molecular weight is 355 g/mol. The molecule has 3 N–H and O–H groups in total. The molecule has 0 radical (unpaired) electrons. The number of benzene rings is 2. The van der Waals surface area contributed by atoms with Crippen molar-refractivity contribution < 1.29 is 8.78 Å². The largest absolute Gasteiger partial charge is 0.271 e. The van der Waals surface area contributed by atoms with Crippen LogP contribution < -0.4 is 11.3 Å². The number of nitrogens with two attached hydrogens (primary N) is 1. The molecule has 0 fully saturated rings. The summed E-state index contributed by atoms with van der Waals surface area (Å²) in [7, 11) is 0. The summed E-state index contributed by atoms with van der Waals surface area (Å²) >= 11 is 3.07. The highest BCUT2D eigenvalue weighted by Gasteiger charge is 2.17. The van der Waals surface area contributed by atoms with Gasteiger partial charge in [0.1, 0.15) is 11.6 Å². The number of hydrogen-bond acceptors (Lipinski definition) is 2. The topological polar surface area (TPSA) is 38.0 Å². The molecular formula is C16H17BrF2N2. The predicted molar refractivity (Wildman–Crippen MR) is 83.6 cm³/mol. The van der Waals surface area contributed by atoms with Crippen LogP contribution in [-0.2, 0) is 12.8 Å². The van der Waals surface area contributed by atoms with Gasteiger partial charge < -0.3 is 0 Å². The molecule has 21 heavy (non-hydrogen) atoms. The molecule has 2 nitrogen and oxygen atoms in total. The standard InChI is InChI=1S/C16H17BrF2N2/c17-14-8-9-15(18)13(16(14)19)10-12(21-20)7-6-11-4-2-1-3-5-11/h1-5,8-9,12,21H,6-7,10,20H2. The number of hydrogen-bond donors (Lipinski definition) is 2. The van der Waals surface area contributed by atoms with Gasteiger partial charge in [-0.2, -0.15) is 0 Å². The summed E-state index contributed by atoms with van der Waals surface area (Å²) in [6.07, 6.45) is 1.71. The first kappa shape index (κ1) is 16.1. The molecule has 1 unspecified atom stereocenters. The van der Waals surface area contributed by atoms with E-state index in [1.54, 1.807) is 0 Å². The zero-order chi connectivity index (χ0) is 15.2. The maximum absolute atomic E-state index is 14.0. The van der Waals surface area contributed by atoms with Crippen molar-refractivity contribution in [3.63, 3.8) is 0 Å². The summed E-state index contributed by atoms with van der Waals surface area (Å²) < 4.78 is 28.0. The van der Waals surface area contributed by atoms with Crippen molar-refractivity contribution in [3.05, 3.63) is 69.7 Å². The van der Waals surface area contributed by atoms with Crippen LogP contribution in [0.2, 0.25) is 0 Å². The number of rotatable bonds is 6. The minimum absolute atomic E-state index is 0.0559. The Bertz CT molecular complexity index is 590. The molecule has 0 heterocycles. The van der Waals surface area contributed by atoms with Gasteiger partial charge in [-0.05, 0) is 52.9 Å². The maximum Gasteiger partial charge on any atom is 0.143 e. The smallest absolute Gasteiger partial charge is 0.143 e. The third kappa shape index (κ3) is 4.33. The summed E-state index contributed by atoms with van der Waals surface area (Å²) in [6, 6.07) is 12.4. The lowest BCUT2D eigenvalue weighted by atomic mass is 9.99. The molecule has 0 aliphatic carbocycles. The molecule has 2 aromatic carbocycles. The third-order valence-corrected chi connectivity index (χ3v) is 4.06. The fourth-order valence-corrected chi connectivity index (χ4v) is 2.60. The molecule has 0 amide bonds. The Morgan fingerprint density at radius 1 is 1.10 bits per heavy atom. The van der Waals surface area contributed by atoms with E-state index >= 15 is 0 Å². The van der Waals surface area contributed by atoms with Gasteiger partial charge in [0.25, 0.3) is 0 Å². The molecule has 0 spiro atoms. The molecular weight excluding hydrogens is 338 g/mol. The quantitative estimate of drug-likeness (QED) is 0.471. The fourth-order valence-electron chi connectivity index (χ4n) is 2.23. The van der Waals surface area contributed by atoms with E-state index in [2.05, 4.69) is 21.4 Å². The van der Waals surface area contributed by atoms with E-state index in [0.29, 0.717) is 6.42 Å². The van der Waals surface area contributed by atoms with Crippen molar-refractivity contribution in [3.8, 4) is 0 Å². The molecule has 0 saturated heterocycles. The Balaban J connectivity index is 2.04. The summed E-state index contributed by atoms with van der Waals surface area (Å²) in [4.78, 5) is 0. The van der Waals surface area contributed by atoms with E-state index in [1.807, 2.05) is 30.3 Å². The van der Waals surface area contributed by atoms with Crippen molar-refractivity contribution in [2.75, 3.05) is 0 Å². The molecule has 0 aromatic heterocycles. The van der Waals surface area contributed by atoms with Gasteiger partial charge >= 0.3 is 0 Å². The summed E-state index contributed by atoms with van der Waals surface area (Å²) in [5, 5.41) is 0. The highest BCUT2D eigenvalue weighted by atomic mass is 79.9. The lowest BCUT2D eigenvalue weighted by Crippen LogP contribution is -2.37. The molecule has 0 saturated carbocycles. The lowest BCUT2D eigenvalue weighted by molar-refractivity contribution is 0.463. The molecule has 0 aliphatic heterocycles. The highest BCUT2D eigenvalue weighted by molar-refractivity contribution is 9.10. The van der Waals surface area contributed by atoms with Gasteiger partial charge in [0.15, 0.2) is 0 Å². The van der Waals surface area contributed by atoms with E-state index in [-0.39, 0.29) is 22.5 Å². The van der Waals surface area contributed by atoms with Crippen LogP contribution >= 0.6 is 15.9 Å². The summed E-state index contributed by atoms with van der Waals surface area (Å²) in [5.74, 6) is 4.41. The number of nitrogens with one attached hydrogen (secondary N) is 1. The fraction of sp³-hybridized carbons (Fsp3) is 0.250. The van der Waals surface area contributed by atoms with E-state index in [9.17, 15) is 8.78 Å². The molecule has 2 rings (SSSR count). The monoisotopic (exact) mass is 354 g/mol. The number of aryl methyl sites for hydroxylation is 1. The van der Waals surface area contributed by atoms with E-state index in [1.165, 1.54) is 17.7 Å². The first-order valence-electron chi connectivity index (χ1n) is 6.74. The zero-order valence-electron chi connectivity index (χ0n) is 11.5. The van der Waals surface area contributed by atoms with Crippen molar-refractivity contribution >= 4 is 15.9 Å². The molecule has 0 bridgehead atoms. The number of halogens is 3. The second kappa shape index (κ2) is 7.64. The van der Waals surface area contributed by atoms with Crippen LogP contribution in [0.25, 0.3) is 0 Å². The first-order chi connectivity index (χ1) is 10.1. The first-order valence-corrected chi connectivity index (χ1v) is 7.53. The van der Waals surface area contributed by atoms with Gasteiger partial charge in [0.2, 0.25) is 0 Å².